The maximum atomic E-state index is 13.9. The molecule has 1 N–H and O–H groups in total. The van der Waals surface area contributed by atoms with Crippen LogP contribution >= 0.6 is 11.8 Å². The van der Waals surface area contributed by atoms with Crippen molar-refractivity contribution in [2.24, 2.45) is 0 Å². The van der Waals surface area contributed by atoms with Crippen LogP contribution in [0.25, 0.3) is 11.3 Å². The van der Waals surface area contributed by atoms with E-state index in [4.69, 9.17) is 0 Å². The first kappa shape index (κ1) is 23.7. The molecule has 35 heavy (non-hydrogen) atoms. The van der Waals surface area contributed by atoms with Gasteiger partial charge in [-0.05, 0) is 67.8 Å². The van der Waals surface area contributed by atoms with Gasteiger partial charge in [-0.3, -0.25) is 9.59 Å². The summed E-state index contributed by atoms with van der Waals surface area (Å²) in [6.07, 6.45) is 7.10. The number of thioether (sulfide) groups is 1. The van der Waals surface area contributed by atoms with Crippen LogP contribution < -0.4 is 5.32 Å². The van der Waals surface area contributed by atoms with E-state index in [1.54, 1.807) is 11.8 Å². The number of amides is 2. The molecular formula is C29H33N3O2S. The standard InChI is InChI=1S/C29H33N3O2S/c1-29(28(34)30-23-10-6-7-11-23)20-31-25(22-8-4-3-5-9-22)16-17-26(31)27(33)32(29)19-18-21-12-14-24(35-2)15-13-21/h3-5,8-9,12-17,23H,6-7,10-11,18-20H2,1-2H3,(H,30,34)/t29-/m1/s1. The van der Waals surface area contributed by atoms with Crippen LogP contribution in [0.15, 0.2) is 71.6 Å². The van der Waals surface area contributed by atoms with E-state index in [0.717, 1.165) is 36.9 Å². The summed E-state index contributed by atoms with van der Waals surface area (Å²) >= 11 is 1.72. The second kappa shape index (κ2) is 9.94. The lowest BCUT2D eigenvalue weighted by Crippen LogP contribution is -2.65. The molecule has 1 aliphatic carbocycles. The Morgan fingerprint density at radius 1 is 1.00 bits per heavy atom. The molecular weight excluding hydrogens is 454 g/mol. The van der Waals surface area contributed by atoms with Crippen molar-refractivity contribution < 1.29 is 9.59 Å². The van der Waals surface area contributed by atoms with Gasteiger partial charge in [0.2, 0.25) is 5.91 Å². The normalized spacial score (nSPS) is 20.2. The Kier molecular flexibility index (Phi) is 6.74. The average Bonchev–Trinajstić information content (AvgIpc) is 3.55. The smallest absolute Gasteiger partial charge is 0.271 e. The van der Waals surface area contributed by atoms with Gasteiger partial charge in [0, 0.05) is 23.2 Å². The predicted molar refractivity (Wildman–Crippen MR) is 142 cm³/mol. The number of hydrogen-bond donors (Lipinski definition) is 1. The van der Waals surface area contributed by atoms with E-state index in [-0.39, 0.29) is 17.9 Å². The number of rotatable bonds is 7. The quantitative estimate of drug-likeness (QED) is 0.455. The van der Waals surface area contributed by atoms with Gasteiger partial charge in [-0.25, -0.2) is 0 Å². The highest BCUT2D eigenvalue weighted by Gasteiger charge is 2.48. The highest BCUT2D eigenvalue weighted by Crippen LogP contribution is 2.34. The Balaban J connectivity index is 1.47. The van der Waals surface area contributed by atoms with Gasteiger partial charge < -0.3 is 14.8 Å². The predicted octanol–water partition coefficient (Wildman–Crippen LogP) is 5.39. The zero-order chi connectivity index (χ0) is 24.4. The maximum Gasteiger partial charge on any atom is 0.271 e. The van der Waals surface area contributed by atoms with Gasteiger partial charge in [0.15, 0.2) is 0 Å². The van der Waals surface area contributed by atoms with E-state index in [1.807, 2.05) is 58.9 Å². The molecule has 1 aliphatic heterocycles. The summed E-state index contributed by atoms with van der Waals surface area (Å²) in [5.74, 6) is -0.128. The number of nitrogens with zero attached hydrogens (tertiary/aromatic N) is 2. The van der Waals surface area contributed by atoms with E-state index >= 15 is 0 Å². The average molecular weight is 488 g/mol. The first-order valence-electron chi connectivity index (χ1n) is 12.5. The Morgan fingerprint density at radius 3 is 2.37 bits per heavy atom. The molecule has 5 nitrogen and oxygen atoms in total. The molecule has 2 aromatic carbocycles. The minimum Gasteiger partial charge on any atom is -0.351 e. The summed E-state index contributed by atoms with van der Waals surface area (Å²) in [4.78, 5) is 30.7. The lowest BCUT2D eigenvalue weighted by molar-refractivity contribution is -0.133. The first-order valence-corrected chi connectivity index (χ1v) is 13.7. The molecule has 1 atom stereocenters. The van der Waals surface area contributed by atoms with Crippen LogP contribution in [-0.4, -0.2) is 45.7 Å². The van der Waals surface area contributed by atoms with E-state index in [0.29, 0.717) is 25.2 Å². The molecule has 0 bridgehead atoms. The van der Waals surface area contributed by atoms with Gasteiger partial charge in [-0.1, -0.05) is 55.3 Å². The Hall–Kier alpha value is -2.99. The molecule has 2 amide bonds. The minimum absolute atomic E-state index is 0.0474. The van der Waals surface area contributed by atoms with Crippen LogP contribution in [0.1, 0.15) is 48.7 Å². The van der Waals surface area contributed by atoms with Gasteiger partial charge in [0.1, 0.15) is 11.2 Å². The molecule has 1 saturated carbocycles. The van der Waals surface area contributed by atoms with Crippen LogP contribution in [0, 0.1) is 0 Å². The fourth-order valence-electron chi connectivity index (χ4n) is 5.43. The van der Waals surface area contributed by atoms with Crippen molar-refractivity contribution in [1.82, 2.24) is 14.8 Å². The summed E-state index contributed by atoms with van der Waals surface area (Å²) in [6, 6.07) is 22.7. The number of aromatic nitrogens is 1. The van der Waals surface area contributed by atoms with Crippen molar-refractivity contribution in [2.75, 3.05) is 12.8 Å². The molecule has 1 aromatic heterocycles. The molecule has 0 saturated heterocycles. The van der Waals surface area contributed by atoms with Crippen molar-refractivity contribution in [1.29, 1.82) is 0 Å². The molecule has 1 fully saturated rings. The summed E-state index contributed by atoms with van der Waals surface area (Å²) in [5, 5.41) is 3.29. The molecule has 5 rings (SSSR count). The van der Waals surface area contributed by atoms with Crippen molar-refractivity contribution in [3.05, 3.63) is 78.0 Å². The third-order valence-corrected chi connectivity index (χ3v) is 8.28. The largest absolute Gasteiger partial charge is 0.351 e. The monoisotopic (exact) mass is 487 g/mol. The number of hydrogen-bond acceptors (Lipinski definition) is 3. The van der Waals surface area contributed by atoms with Crippen LogP contribution in [0.5, 0.6) is 0 Å². The topological polar surface area (TPSA) is 54.3 Å². The van der Waals surface area contributed by atoms with Crippen molar-refractivity contribution >= 4 is 23.6 Å². The maximum absolute atomic E-state index is 13.9. The third-order valence-electron chi connectivity index (χ3n) is 7.54. The molecule has 3 aromatic rings. The van der Waals surface area contributed by atoms with Crippen LogP contribution in [0.3, 0.4) is 0 Å². The van der Waals surface area contributed by atoms with Crippen LogP contribution in [-0.2, 0) is 17.8 Å². The van der Waals surface area contributed by atoms with Crippen LogP contribution in [0.4, 0.5) is 0 Å². The molecule has 182 valence electrons. The first-order chi connectivity index (χ1) is 17.0. The van der Waals surface area contributed by atoms with Crippen molar-refractivity contribution in [3.8, 4) is 11.3 Å². The highest BCUT2D eigenvalue weighted by molar-refractivity contribution is 7.98. The lowest BCUT2D eigenvalue weighted by Gasteiger charge is -2.45. The van der Waals surface area contributed by atoms with E-state index in [9.17, 15) is 9.59 Å². The molecule has 0 spiro atoms. The van der Waals surface area contributed by atoms with Gasteiger partial charge in [-0.15, -0.1) is 11.8 Å². The Labute approximate surface area is 211 Å². The van der Waals surface area contributed by atoms with E-state index in [1.165, 1.54) is 10.5 Å². The lowest BCUT2D eigenvalue weighted by atomic mass is 9.93. The molecule has 6 heteroatoms. The molecule has 2 heterocycles. The molecule has 0 unspecified atom stereocenters. The van der Waals surface area contributed by atoms with Gasteiger partial charge in [0.05, 0.1) is 6.54 Å². The van der Waals surface area contributed by atoms with Gasteiger partial charge in [-0.2, -0.15) is 0 Å². The number of nitrogens with one attached hydrogen (secondary N) is 1. The van der Waals surface area contributed by atoms with E-state index in [2.05, 4.69) is 35.8 Å². The summed E-state index contributed by atoms with van der Waals surface area (Å²) in [5.41, 5.74) is 2.87. The van der Waals surface area contributed by atoms with Crippen molar-refractivity contribution in [2.45, 2.75) is 62.0 Å². The Bertz CT molecular complexity index is 1200. The SMILES string of the molecule is CSc1ccc(CCN2C(=O)c3ccc(-c4ccccc4)n3C[C@]2(C)C(=O)NC2CCCC2)cc1. The summed E-state index contributed by atoms with van der Waals surface area (Å²) in [7, 11) is 0. The second-order valence-electron chi connectivity index (χ2n) is 9.84. The van der Waals surface area contributed by atoms with Gasteiger partial charge in [0.25, 0.3) is 5.91 Å². The van der Waals surface area contributed by atoms with Gasteiger partial charge >= 0.3 is 0 Å². The number of carbonyl (C=O) groups is 2. The Morgan fingerprint density at radius 2 is 1.69 bits per heavy atom. The highest BCUT2D eigenvalue weighted by atomic mass is 32.2. The molecule has 2 aliphatic rings. The third kappa shape index (κ3) is 4.64. The fraction of sp³-hybridized carbons (Fsp3) is 0.379. The number of benzene rings is 2. The zero-order valence-corrected chi connectivity index (χ0v) is 21.3. The second-order valence-corrected chi connectivity index (χ2v) is 10.7. The van der Waals surface area contributed by atoms with E-state index < -0.39 is 5.54 Å². The fourth-order valence-corrected chi connectivity index (χ4v) is 5.84. The number of fused-ring (bicyclic) bond motifs is 1. The number of carbonyl (C=O) groups excluding carboxylic acids is 2. The zero-order valence-electron chi connectivity index (χ0n) is 20.5. The van der Waals surface area contributed by atoms with Crippen molar-refractivity contribution in [3.63, 3.8) is 0 Å². The van der Waals surface area contributed by atoms with Crippen LogP contribution in [0.2, 0.25) is 0 Å². The minimum atomic E-state index is -0.964. The summed E-state index contributed by atoms with van der Waals surface area (Å²) in [6.45, 7) is 2.87. The molecule has 0 radical (unpaired) electrons. The summed E-state index contributed by atoms with van der Waals surface area (Å²) < 4.78 is 2.04.